The predicted molar refractivity (Wildman–Crippen MR) is 106 cm³/mol. The van der Waals surface area contributed by atoms with Crippen LogP contribution >= 0.6 is 0 Å². The standard InChI is InChI=1S/C18H22N6O3S/c1-5-24-14(8-9-20-24)21-15-12-10-11(28(26,27)18(2,3)4)6-7-13(12)22-23-16(15)17(19)25/h6-10H,5H2,1-4H3,(H2,19,25)(H,21,22). The lowest BCUT2D eigenvalue weighted by Crippen LogP contribution is -2.27. The number of amides is 1. The van der Waals surface area contributed by atoms with Gasteiger partial charge in [0.15, 0.2) is 15.5 Å². The summed E-state index contributed by atoms with van der Waals surface area (Å²) in [5.74, 6) is -0.160. The Bertz CT molecular complexity index is 1160. The third-order valence-corrected chi connectivity index (χ3v) is 6.84. The van der Waals surface area contributed by atoms with Gasteiger partial charge in [-0.2, -0.15) is 5.10 Å². The minimum Gasteiger partial charge on any atom is -0.364 e. The van der Waals surface area contributed by atoms with Crippen LogP contribution in [0.2, 0.25) is 0 Å². The number of hydrogen-bond donors (Lipinski definition) is 2. The molecule has 0 atom stereocenters. The monoisotopic (exact) mass is 402 g/mol. The van der Waals surface area contributed by atoms with Crippen LogP contribution in [0.15, 0.2) is 35.4 Å². The van der Waals surface area contributed by atoms with Crippen LogP contribution in [0, 0.1) is 0 Å². The van der Waals surface area contributed by atoms with Crippen molar-refractivity contribution in [2.24, 2.45) is 5.73 Å². The number of fused-ring (bicyclic) bond motifs is 1. The fourth-order valence-corrected chi connectivity index (χ4v) is 3.95. The van der Waals surface area contributed by atoms with Crippen LogP contribution in [0.4, 0.5) is 11.5 Å². The Hall–Kier alpha value is -3.01. The summed E-state index contributed by atoms with van der Waals surface area (Å²) in [6.45, 7) is 7.41. The Morgan fingerprint density at radius 2 is 1.93 bits per heavy atom. The SMILES string of the molecule is CCn1nccc1Nc1c(C(N)=O)nnc2ccc(S(=O)(=O)C(C)(C)C)cc12. The molecule has 3 rings (SSSR count). The largest absolute Gasteiger partial charge is 0.364 e. The number of nitrogens with two attached hydrogens (primary N) is 1. The number of benzene rings is 1. The summed E-state index contributed by atoms with van der Waals surface area (Å²) in [4.78, 5) is 12.1. The minimum atomic E-state index is -3.60. The van der Waals surface area contributed by atoms with Crippen molar-refractivity contribution >= 4 is 38.2 Å². The van der Waals surface area contributed by atoms with E-state index in [1.54, 1.807) is 43.8 Å². The van der Waals surface area contributed by atoms with E-state index in [1.807, 2.05) is 6.92 Å². The van der Waals surface area contributed by atoms with Gasteiger partial charge in [-0.3, -0.25) is 4.79 Å². The second-order valence-corrected chi connectivity index (χ2v) is 9.94. The highest BCUT2D eigenvalue weighted by atomic mass is 32.2. The molecule has 10 heteroatoms. The van der Waals surface area contributed by atoms with Gasteiger partial charge in [0, 0.05) is 18.0 Å². The highest BCUT2D eigenvalue weighted by Crippen LogP contribution is 2.32. The molecule has 0 aliphatic rings. The normalized spacial score (nSPS) is 12.3. The molecule has 28 heavy (non-hydrogen) atoms. The van der Waals surface area contributed by atoms with Crippen LogP contribution in [0.3, 0.4) is 0 Å². The second kappa shape index (κ2) is 6.86. The second-order valence-electron chi connectivity index (χ2n) is 7.24. The molecular formula is C18H22N6O3S. The average Bonchev–Trinajstić information content (AvgIpc) is 3.07. The van der Waals surface area contributed by atoms with Crippen molar-refractivity contribution in [1.82, 2.24) is 20.0 Å². The van der Waals surface area contributed by atoms with Crippen molar-refractivity contribution in [2.45, 2.75) is 43.9 Å². The third-order valence-electron chi connectivity index (χ3n) is 4.35. The lowest BCUT2D eigenvalue weighted by molar-refractivity contribution is 0.0995. The first kappa shape index (κ1) is 19.7. The van der Waals surface area contributed by atoms with Crippen molar-refractivity contribution < 1.29 is 13.2 Å². The van der Waals surface area contributed by atoms with E-state index < -0.39 is 20.5 Å². The fraction of sp³-hybridized carbons (Fsp3) is 0.333. The highest BCUT2D eigenvalue weighted by molar-refractivity contribution is 7.92. The number of hydrogen-bond acceptors (Lipinski definition) is 7. The van der Waals surface area contributed by atoms with Gasteiger partial charge in [-0.1, -0.05) is 0 Å². The van der Waals surface area contributed by atoms with E-state index in [0.29, 0.717) is 29.0 Å². The van der Waals surface area contributed by atoms with Gasteiger partial charge in [0.1, 0.15) is 5.82 Å². The number of carbonyl (C=O) groups is 1. The fourth-order valence-electron chi connectivity index (χ4n) is 2.72. The number of nitrogens with one attached hydrogen (secondary N) is 1. The number of aryl methyl sites for hydroxylation is 1. The Morgan fingerprint density at radius 1 is 1.21 bits per heavy atom. The summed E-state index contributed by atoms with van der Waals surface area (Å²) >= 11 is 0. The van der Waals surface area contributed by atoms with E-state index in [9.17, 15) is 13.2 Å². The molecule has 0 aliphatic carbocycles. The summed E-state index contributed by atoms with van der Waals surface area (Å²) in [6, 6.07) is 6.28. The van der Waals surface area contributed by atoms with Gasteiger partial charge >= 0.3 is 0 Å². The maximum atomic E-state index is 12.9. The summed E-state index contributed by atoms with van der Waals surface area (Å²) in [7, 11) is -3.60. The van der Waals surface area contributed by atoms with Crippen LogP contribution in [-0.2, 0) is 16.4 Å². The summed E-state index contributed by atoms with van der Waals surface area (Å²) in [5, 5.41) is 15.7. The van der Waals surface area contributed by atoms with Crippen molar-refractivity contribution in [3.63, 3.8) is 0 Å². The number of aromatic nitrogens is 4. The molecular weight excluding hydrogens is 380 g/mol. The van der Waals surface area contributed by atoms with Crippen molar-refractivity contribution in [2.75, 3.05) is 5.32 Å². The van der Waals surface area contributed by atoms with Gasteiger partial charge in [0.2, 0.25) is 0 Å². The lowest BCUT2D eigenvalue weighted by Gasteiger charge is -2.20. The quantitative estimate of drug-likeness (QED) is 0.669. The molecule has 0 spiro atoms. The predicted octanol–water partition coefficient (Wildman–Crippen LogP) is 2.26. The van der Waals surface area contributed by atoms with Crippen LogP contribution in [-0.4, -0.2) is 39.0 Å². The summed E-state index contributed by atoms with van der Waals surface area (Å²) in [6.07, 6.45) is 1.61. The number of nitrogens with zero attached hydrogens (tertiary/aromatic N) is 4. The molecule has 0 saturated carbocycles. The van der Waals surface area contributed by atoms with Crippen LogP contribution < -0.4 is 11.1 Å². The number of anilines is 2. The number of carbonyl (C=O) groups excluding carboxylic acids is 1. The van der Waals surface area contributed by atoms with Crippen molar-refractivity contribution in [3.8, 4) is 0 Å². The first-order valence-electron chi connectivity index (χ1n) is 8.70. The topological polar surface area (TPSA) is 133 Å². The van der Waals surface area contributed by atoms with Gasteiger partial charge in [-0.15, -0.1) is 10.2 Å². The van der Waals surface area contributed by atoms with E-state index in [2.05, 4.69) is 20.6 Å². The Balaban J connectivity index is 2.28. The zero-order valence-corrected chi connectivity index (χ0v) is 16.9. The molecule has 2 heterocycles. The average molecular weight is 402 g/mol. The summed E-state index contributed by atoms with van der Waals surface area (Å²) in [5.41, 5.74) is 6.12. The molecule has 2 aromatic heterocycles. The highest BCUT2D eigenvalue weighted by Gasteiger charge is 2.31. The Labute approximate surface area is 162 Å². The van der Waals surface area contributed by atoms with E-state index >= 15 is 0 Å². The first-order valence-corrected chi connectivity index (χ1v) is 10.2. The number of rotatable bonds is 5. The molecule has 3 aromatic rings. The molecule has 9 nitrogen and oxygen atoms in total. The van der Waals surface area contributed by atoms with Gasteiger partial charge in [0.25, 0.3) is 5.91 Å². The van der Waals surface area contributed by atoms with Gasteiger partial charge in [-0.25, -0.2) is 13.1 Å². The first-order chi connectivity index (χ1) is 13.1. The molecule has 0 unspecified atom stereocenters. The van der Waals surface area contributed by atoms with E-state index in [1.165, 1.54) is 12.1 Å². The number of primary amides is 1. The minimum absolute atomic E-state index is 0.0818. The van der Waals surface area contributed by atoms with E-state index in [-0.39, 0.29) is 10.6 Å². The molecule has 1 amide bonds. The maximum Gasteiger partial charge on any atom is 0.271 e. The van der Waals surface area contributed by atoms with Gasteiger partial charge in [0.05, 0.1) is 27.0 Å². The van der Waals surface area contributed by atoms with Gasteiger partial charge in [-0.05, 0) is 45.9 Å². The third kappa shape index (κ3) is 3.31. The molecule has 0 aliphatic heterocycles. The molecule has 0 radical (unpaired) electrons. The van der Waals surface area contributed by atoms with Crippen LogP contribution in [0.1, 0.15) is 38.2 Å². The molecule has 0 fully saturated rings. The van der Waals surface area contributed by atoms with Crippen LogP contribution in [0.25, 0.3) is 10.9 Å². The van der Waals surface area contributed by atoms with Crippen LogP contribution in [0.5, 0.6) is 0 Å². The maximum absolute atomic E-state index is 12.9. The summed E-state index contributed by atoms with van der Waals surface area (Å²) < 4.78 is 26.5. The molecule has 148 valence electrons. The number of sulfone groups is 1. The molecule has 0 saturated heterocycles. The Morgan fingerprint density at radius 3 is 2.54 bits per heavy atom. The van der Waals surface area contributed by atoms with E-state index in [4.69, 9.17) is 5.73 Å². The zero-order valence-electron chi connectivity index (χ0n) is 16.1. The molecule has 3 N–H and O–H groups in total. The molecule has 0 bridgehead atoms. The van der Waals surface area contributed by atoms with Gasteiger partial charge < -0.3 is 11.1 Å². The van der Waals surface area contributed by atoms with Crippen molar-refractivity contribution in [1.29, 1.82) is 0 Å². The Kier molecular flexibility index (Phi) is 4.84. The zero-order chi connectivity index (χ0) is 20.7. The van der Waals surface area contributed by atoms with Crippen molar-refractivity contribution in [3.05, 3.63) is 36.2 Å². The molecule has 1 aromatic carbocycles. The smallest absolute Gasteiger partial charge is 0.271 e. The lowest BCUT2D eigenvalue weighted by atomic mass is 10.1. The van der Waals surface area contributed by atoms with E-state index in [0.717, 1.165) is 0 Å².